The molecule has 4 aliphatic carbocycles. The van der Waals surface area contributed by atoms with Crippen LogP contribution in [0.5, 0.6) is 0 Å². The number of hydrogen-bond acceptors (Lipinski definition) is 2. The zero-order chi connectivity index (χ0) is 14.8. The van der Waals surface area contributed by atoms with Crippen molar-refractivity contribution in [2.24, 2.45) is 23.7 Å². The van der Waals surface area contributed by atoms with E-state index < -0.39 is 0 Å². The van der Waals surface area contributed by atoms with Gasteiger partial charge in [0.1, 0.15) is 6.04 Å². The Morgan fingerprint density at radius 1 is 0.864 bits per heavy atom. The molecule has 0 spiro atoms. The van der Waals surface area contributed by atoms with Gasteiger partial charge in [0.15, 0.2) is 0 Å². The van der Waals surface area contributed by atoms with E-state index in [4.69, 9.17) is 0 Å². The third-order valence-corrected chi connectivity index (χ3v) is 6.66. The normalized spacial score (nSPS) is 42.7. The molecule has 1 aromatic rings. The monoisotopic (exact) mass is 296 g/mol. The maximum Gasteiger partial charge on any atom is 0.265 e. The zero-order valence-corrected chi connectivity index (χ0v) is 13.2. The summed E-state index contributed by atoms with van der Waals surface area (Å²) in [5, 5.41) is 4.41. The van der Waals surface area contributed by atoms with Gasteiger partial charge < -0.3 is 0 Å². The Morgan fingerprint density at radius 3 is 2.05 bits per heavy atom. The highest BCUT2D eigenvalue weighted by molar-refractivity contribution is 5.93. The standard InChI is InChI=1S/C19H24N2O/c1-12-19(22)21(20(12)17-5-3-2-4-6-17)18-15-8-13-7-14(10-15)11-16(18)9-13/h2-6,12-16,18H,7-11H2,1H3. The van der Waals surface area contributed by atoms with E-state index in [1.807, 2.05) is 13.0 Å². The number of amides is 1. The van der Waals surface area contributed by atoms with Gasteiger partial charge in [0.2, 0.25) is 0 Å². The smallest absolute Gasteiger partial charge is 0.265 e. The van der Waals surface area contributed by atoms with E-state index in [0.29, 0.717) is 11.9 Å². The largest absolute Gasteiger partial charge is 0.271 e. The summed E-state index contributed by atoms with van der Waals surface area (Å²) in [4.78, 5) is 12.7. The molecular weight excluding hydrogens is 272 g/mol. The lowest BCUT2D eigenvalue weighted by Crippen LogP contribution is -2.75. The molecule has 1 aromatic carbocycles. The second-order valence-corrected chi connectivity index (χ2v) is 7.96. The summed E-state index contributed by atoms with van der Waals surface area (Å²) in [7, 11) is 0. The fraction of sp³-hybridized carbons (Fsp3) is 0.632. The molecular formula is C19H24N2O. The minimum absolute atomic E-state index is 0.000382. The predicted octanol–water partition coefficient (Wildman–Crippen LogP) is 3.46. The van der Waals surface area contributed by atoms with Gasteiger partial charge >= 0.3 is 0 Å². The van der Waals surface area contributed by atoms with Crippen LogP contribution in [0.1, 0.15) is 39.0 Å². The summed E-state index contributed by atoms with van der Waals surface area (Å²) in [5.74, 6) is 3.75. The highest BCUT2D eigenvalue weighted by atomic mass is 16.2. The Balaban J connectivity index is 1.48. The van der Waals surface area contributed by atoms with Crippen molar-refractivity contribution in [3.8, 4) is 0 Å². The van der Waals surface area contributed by atoms with E-state index in [2.05, 4.69) is 34.3 Å². The lowest BCUT2D eigenvalue weighted by atomic mass is 9.54. The van der Waals surface area contributed by atoms with Crippen LogP contribution in [0.2, 0.25) is 0 Å². The maximum absolute atomic E-state index is 12.7. The van der Waals surface area contributed by atoms with Gasteiger partial charge in [-0.25, -0.2) is 5.01 Å². The molecule has 1 amide bonds. The molecule has 0 radical (unpaired) electrons. The van der Waals surface area contributed by atoms with E-state index in [1.54, 1.807) is 0 Å². The van der Waals surface area contributed by atoms with Crippen LogP contribution in [0.15, 0.2) is 30.3 Å². The SMILES string of the molecule is CC1C(=O)N(C2C3CC4CC(C3)CC2C4)N1c1ccccc1. The Hall–Kier alpha value is -1.51. The number of anilines is 1. The number of benzene rings is 1. The highest BCUT2D eigenvalue weighted by Crippen LogP contribution is 2.56. The van der Waals surface area contributed by atoms with Crippen LogP contribution in [0.4, 0.5) is 5.69 Å². The first-order valence-electron chi connectivity index (χ1n) is 8.89. The van der Waals surface area contributed by atoms with Gasteiger partial charge in [-0.05, 0) is 74.8 Å². The molecule has 3 nitrogen and oxygen atoms in total. The lowest BCUT2D eigenvalue weighted by molar-refractivity contribution is -0.161. The molecule has 1 aliphatic heterocycles. The number of carbonyl (C=O) groups is 1. The molecule has 3 heteroatoms. The Bertz CT molecular complexity index is 571. The number of rotatable bonds is 2. The van der Waals surface area contributed by atoms with Gasteiger partial charge in [-0.1, -0.05) is 18.2 Å². The van der Waals surface area contributed by atoms with Gasteiger partial charge in [0.05, 0.1) is 11.7 Å². The zero-order valence-electron chi connectivity index (χ0n) is 13.2. The molecule has 1 heterocycles. The van der Waals surface area contributed by atoms with E-state index in [9.17, 15) is 4.79 Å². The van der Waals surface area contributed by atoms with Crippen LogP contribution >= 0.6 is 0 Å². The van der Waals surface area contributed by atoms with Gasteiger partial charge in [-0.3, -0.25) is 9.80 Å². The summed E-state index contributed by atoms with van der Waals surface area (Å²) >= 11 is 0. The Kier molecular flexibility index (Phi) is 2.65. The van der Waals surface area contributed by atoms with Crippen molar-refractivity contribution in [2.75, 3.05) is 5.01 Å². The molecule has 5 fully saturated rings. The highest BCUT2D eigenvalue weighted by Gasteiger charge is 2.56. The van der Waals surface area contributed by atoms with Crippen LogP contribution in [0, 0.1) is 23.7 Å². The lowest BCUT2D eigenvalue weighted by Gasteiger charge is -2.63. The minimum Gasteiger partial charge on any atom is -0.271 e. The molecule has 1 unspecified atom stereocenters. The van der Waals surface area contributed by atoms with Crippen LogP contribution < -0.4 is 5.01 Å². The average Bonchev–Trinajstić information content (AvgIpc) is 2.53. The van der Waals surface area contributed by atoms with Gasteiger partial charge in [0, 0.05) is 0 Å². The second kappa shape index (κ2) is 4.50. The first-order valence-corrected chi connectivity index (χ1v) is 8.89. The first kappa shape index (κ1) is 13.0. The van der Waals surface area contributed by atoms with E-state index >= 15 is 0 Å². The molecule has 116 valence electrons. The summed E-state index contributed by atoms with van der Waals surface area (Å²) in [6, 6.07) is 10.9. The first-order chi connectivity index (χ1) is 10.7. The van der Waals surface area contributed by atoms with Crippen molar-refractivity contribution >= 4 is 11.6 Å². The predicted molar refractivity (Wildman–Crippen MR) is 86.1 cm³/mol. The number of nitrogens with zero attached hydrogens (tertiary/aromatic N) is 2. The van der Waals surface area contributed by atoms with Crippen molar-refractivity contribution in [2.45, 2.75) is 51.1 Å². The molecule has 4 bridgehead atoms. The van der Waals surface area contributed by atoms with Crippen LogP contribution in [0.25, 0.3) is 0 Å². The van der Waals surface area contributed by atoms with Crippen molar-refractivity contribution in [1.82, 2.24) is 5.01 Å². The van der Waals surface area contributed by atoms with Crippen molar-refractivity contribution in [3.63, 3.8) is 0 Å². The van der Waals surface area contributed by atoms with Gasteiger partial charge in [0.25, 0.3) is 5.91 Å². The van der Waals surface area contributed by atoms with Gasteiger partial charge in [-0.15, -0.1) is 0 Å². The molecule has 6 rings (SSSR count). The maximum atomic E-state index is 12.7. The quantitative estimate of drug-likeness (QED) is 0.834. The van der Waals surface area contributed by atoms with Crippen molar-refractivity contribution < 1.29 is 4.79 Å². The van der Waals surface area contributed by atoms with E-state index in [0.717, 1.165) is 23.7 Å². The third-order valence-electron chi connectivity index (χ3n) is 6.66. The number of carbonyl (C=O) groups excluding carboxylic acids is 1. The fourth-order valence-electron chi connectivity index (χ4n) is 6.05. The number of hydrogen-bond donors (Lipinski definition) is 0. The summed E-state index contributed by atoms with van der Waals surface area (Å²) in [6.07, 6.45) is 6.90. The molecule has 22 heavy (non-hydrogen) atoms. The van der Waals surface area contributed by atoms with Crippen LogP contribution in [-0.4, -0.2) is 23.0 Å². The van der Waals surface area contributed by atoms with Crippen molar-refractivity contribution in [3.05, 3.63) is 30.3 Å². The second-order valence-electron chi connectivity index (χ2n) is 7.96. The summed E-state index contributed by atoms with van der Waals surface area (Å²) < 4.78 is 0. The summed E-state index contributed by atoms with van der Waals surface area (Å²) in [6.45, 7) is 2.04. The van der Waals surface area contributed by atoms with Crippen molar-refractivity contribution in [1.29, 1.82) is 0 Å². The third kappa shape index (κ3) is 1.65. The minimum atomic E-state index is -0.000382. The summed E-state index contributed by atoms with van der Waals surface area (Å²) in [5.41, 5.74) is 1.17. The molecule has 4 saturated carbocycles. The topological polar surface area (TPSA) is 23.6 Å². The van der Waals surface area contributed by atoms with E-state index in [1.165, 1.54) is 37.8 Å². The van der Waals surface area contributed by atoms with E-state index in [-0.39, 0.29) is 6.04 Å². The average molecular weight is 296 g/mol. The fourth-order valence-corrected chi connectivity index (χ4v) is 6.05. The number of hydrazine groups is 1. The molecule has 1 saturated heterocycles. The Morgan fingerprint density at radius 2 is 1.45 bits per heavy atom. The molecule has 0 N–H and O–H groups in total. The Labute approximate surface area is 132 Å². The van der Waals surface area contributed by atoms with Gasteiger partial charge in [-0.2, -0.15) is 0 Å². The van der Waals surface area contributed by atoms with Crippen LogP contribution in [0.3, 0.4) is 0 Å². The molecule has 0 aromatic heterocycles. The molecule has 1 atom stereocenters. The molecule has 5 aliphatic rings. The number of para-hydroxylation sites is 1. The van der Waals surface area contributed by atoms with Crippen LogP contribution in [-0.2, 0) is 4.79 Å².